The largest absolute Gasteiger partial charge is 0.497 e. The first-order valence-corrected chi connectivity index (χ1v) is 9.21. The van der Waals surface area contributed by atoms with E-state index in [1.165, 1.54) is 24.0 Å². The Labute approximate surface area is 153 Å². The summed E-state index contributed by atoms with van der Waals surface area (Å²) in [6.45, 7) is 0.472. The van der Waals surface area contributed by atoms with Gasteiger partial charge in [0.15, 0.2) is 0 Å². The third kappa shape index (κ3) is 3.47. The van der Waals surface area contributed by atoms with Gasteiger partial charge in [-0.1, -0.05) is 12.1 Å². The zero-order valence-electron chi connectivity index (χ0n) is 15.0. The third-order valence-electron chi connectivity index (χ3n) is 5.15. The highest BCUT2D eigenvalue weighted by molar-refractivity contribution is 5.90. The molecule has 0 radical (unpaired) electrons. The monoisotopic (exact) mass is 352 g/mol. The fourth-order valence-corrected chi connectivity index (χ4v) is 3.83. The highest BCUT2D eigenvalue weighted by Crippen LogP contribution is 2.29. The summed E-state index contributed by atoms with van der Waals surface area (Å²) in [5.74, 6) is 1.66. The number of amides is 2. The minimum Gasteiger partial charge on any atom is -0.497 e. The van der Waals surface area contributed by atoms with E-state index < -0.39 is 0 Å². The predicted molar refractivity (Wildman–Crippen MR) is 101 cm³/mol. The van der Waals surface area contributed by atoms with E-state index in [0.717, 1.165) is 42.0 Å². The Morgan fingerprint density at radius 2 is 2.04 bits per heavy atom. The number of hydrogen-bond acceptors (Lipinski definition) is 3. The summed E-state index contributed by atoms with van der Waals surface area (Å²) in [5, 5.41) is 6.07. The van der Waals surface area contributed by atoms with Crippen LogP contribution in [0.2, 0.25) is 0 Å². The molecule has 0 saturated heterocycles. The Morgan fingerprint density at radius 1 is 1.15 bits per heavy atom. The first-order chi connectivity index (χ1) is 12.7. The fourth-order valence-electron chi connectivity index (χ4n) is 3.83. The van der Waals surface area contributed by atoms with Crippen LogP contribution in [0.3, 0.4) is 0 Å². The van der Waals surface area contributed by atoms with Crippen LogP contribution < -0.4 is 20.1 Å². The van der Waals surface area contributed by atoms with Crippen LogP contribution >= 0.6 is 0 Å². The lowest BCUT2D eigenvalue weighted by Gasteiger charge is -2.27. The first kappa shape index (κ1) is 16.8. The number of carbonyl (C=O) groups is 1. The number of ether oxygens (including phenoxy) is 2. The second-order valence-electron chi connectivity index (χ2n) is 6.93. The minimum atomic E-state index is -0.177. The molecule has 0 bridgehead atoms. The van der Waals surface area contributed by atoms with Crippen molar-refractivity contribution in [3.63, 3.8) is 0 Å². The molecule has 2 N–H and O–H groups in total. The van der Waals surface area contributed by atoms with Crippen molar-refractivity contribution in [2.24, 2.45) is 0 Å². The van der Waals surface area contributed by atoms with Crippen molar-refractivity contribution in [2.75, 3.05) is 19.0 Å². The summed E-state index contributed by atoms with van der Waals surface area (Å²) in [6, 6.07) is 11.7. The summed E-state index contributed by atoms with van der Waals surface area (Å²) in [7, 11) is 1.65. The van der Waals surface area contributed by atoms with Gasteiger partial charge < -0.3 is 20.1 Å². The van der Waals surface area contributed by atoms with Crippen molar-refractivity contribution in [2.45, 2.75) is 38.1 Å². The van der Waals surface area contributed by atoms with Crippen LogP contribution in [0.4, 0.5) is 10.5 Å². The first-order valence-electron chi connectivity index (χ1n) is 9.21. The van der Waals surface area contributed by atoms with Gasteiger partial charge >= 0.3 is 6.03 Å². The quantitative estimate of drug-likeness (QED) is 0.885. The van der Waals surface area contributed by atoms with E-state index in [4.69, 9.17) is 9.47 Å². The Balaban J connectivity index is 1.41. The zero-order chi connectivity index (χ0) is 17.9. The number of benzene rings is 2. The maximum absolute atomic E-state index is 12.5. The van der Waals surface area contributed by atoms with E-state index in [0.29, 0.717) is 6.61 Å². The van der Waals surface area contributed by atoms with Gasteiger partial charge in [-0.2, -0.15) is 0 Å². The van der Waals surface area contributed by atoms with Crippen LogP contribution in [0, 0.1) is 0 Å². The van der Waals surface area contributed by atoms with Crippen LogP contribution in [0.25, 0.3) is 0 Å². The minimum absolute atomic E-state index is 0.0610. The summed E-state index contributed by atoms with van der Waals surface area (Å²) < 4.78 is 11.1. The Morgan fingerprint density at radius 3 is 2.92 bits per heavy atom. The number of fused-ring (bicyclic) bond motifs is 2. The molecule has 0 saturated carbocycles. The average molecular weight is 352 g/mol. The number of rotatable bonds is 3. The van der Waals surface area contributed by atoms with Gasteiger partial charge in [0.05, 0.1) is 13.2 Å². The normalized spacial score (nSPS) is 18.1. The van der Waals surface area contributed by atoms with Crippen molar-refractivity contribution in [1.82, 2.24) is 5.32 Å². The lowest BCUT2D eigenvalue weighted by atomic mass is 9.90. The predicted octanol–water partition coefficient (Wildman–Crippen LogP) is 3.70. The van der Waals surface area contributed by atoms with E-state index in [1.807, 2.05) is 30.3 Å². The molecule has 0 fully saturated rings. The molecule has 2 aromatic carbocycles. The van der Waals surface area contributed by atoms with Crippen molar-refractivity contribution in [1.29, 1.82) is 0 Å². The van der Waals surface area contributed by atoms with Gasteiger partial charge in [-0.3, -0.25) is 0 Å². The van der Waals surface area contributed by atoms with Crippen LogP contribution in [0.15, 0.2) is 36.4 Å². The number of carbonyl (C=O) groups excluding carboxylic acids is 1. The third-order valence-corrected chi connectivity index (χ3v) is 5.15. The standard InChI is InChI=1S/C21H24N2O3/c1-25-17-9-10-20-15(12-17)11-16(13-26-20)22-21(24)23-19-8-4-6-14-5-2-3-7-18(14)19/h4,6,8-10,12,16H,2-3,5,7,11,13H2,1H3,(H2,22,23,24)/t16-/m1/s1. The van der Waals surface area contributed by atoms with Gasteiger partial charge in [-0.25, -0.2) is 4.79 Å². The number of methoxy groups -OCH3 is 1. The van der Waals surface area contributed by atoms with Gasteiger partial charge in [0.1, 0.15) is 18.1 Å². The number of aryl methyl sites for hydroxylation is 1. The van der Waals surface area contributed by atoms with Crippen LogP contribution in [0.5, 0.6) is 11.5 Å². The van der Waals surface area contributed by atoms with E-state index in [1.54, 1.807) is 7.11 Å². The molecule has 5 nitrogen and oxygen atoms in total. The number of hydrogen-bond donors (Lipinski definition) is 2. The Kier molecular flexibility index (Phi) is 4.69. The maximum Gasteiger partial charge on any atom is 0.319 e. The lowest BCUT2D eigenvalue weighted by molar-refractivity contribution is 0.222. The van der Waals surface area contributed by atoms with Crippen molar-refractivity contribution < 1.29 is 14.3 Å². The number of nitrogens with one attached hydrogen (secondary N) is 2. The highest BCUT2D eigenvalue weighted by atomic mass is 16.5. The smallest absolute Gasteiger partial charge is 0.319 e. The molecule has 0 unspecified atom stereocenters. The molecule has 0 aromatic heterocycles. The SMILES string of the molecule is COc1ccc2c(c1)C[C@@H](NC(=O)Nc1cccc3c1CCCC3)CO2. The summed E-state index contributed by atoms with van der Waals surface area (Å²) >= 11 is 0. The van der Waals surface area contributed by atoms with E-state index in [2.05, 4.69) is 16.7 Å². The molecule has 0 spiro atoms. The average Bonchev–Trinajstić information content (AvgIpc) is 2.67. The molecule has 1 heterocycles. The van der Waals surface area contributed by atoms with Crippen LogP contribution in [-0.4, -0.2) is 25.8 Å². The molecular weight excluding hydrogens is 328 g/mol. The molecule has 2 aromatic rings. The van der Waals surface area contributed by atoms with Crippen LogP contribution in [0.1, 0.15) is 29.5 Å². The summed E-state index contributed by atoms with van der Waals surface area (Å²) in [4.78, 5) is 12.5. The van der Waals surface area contributed by atoms with E-state index in [9.17, 15) is 4.79 Å². The molecule has 136 valence electrons. The fraction of sp³-hybridized carbons (Fsp3) is 0.381. The van der Waals surface area contributed by atoms with Crippen molar-refractivity contribution in [3.8, 4) is 11.5 Å². The molecule has 2 amide bonds. The second kappa shape index (κ2) is 7.28. The van der Waals surface area contributed by atoms with Gasteiger partial charge in [-0.15, -0.1) is 0 Å². The second-order valence-corrected chi connectivity index (χ2v) is 6.93. The molecular formula is C21H24N2O3. The van der Waals surface area contributed by atoms with Gasteiger partial charge in [0.2, 0.25) is 0 Å². The van der Waals surface area contributed by atoms with Gasteiger partial charge in [-0.05, 0) is 73.1 Å². The van der Waals surface area contributed by atoms with Crippen molar-refractivity contribution >= 4 is 11.7 Å². The molecule has 1 atom stereocenters. The van der Waals surface area contributed by atoms with Gasteiger partial charge in [0, 0.05) is 5.69 Å². The van der Waals surface area contributed by atoms with Crippen molar-refractivity contribution in [3.05, 3.63) is 53.1 Å². The topological polar surface area (TPSA) is 59.6 Å². The molecule has 26 heavy (non-hydrogen) atoms. The molecule has 1 aliphatic carbocycles. The van der Waals surface area contributed by atoms with Crippen LogP contribution in [-0.2, 0) is 19.3 Å². The Bertz CT molecular complexity index is 819. The molecule has 2 aliphatic rings. The molecule has 5 heteroatoms. The summed E-state index contributed by atoms with van der Waals surface area (Å²) in [5.41, 5.74) is 4.62. The van der Waals surface area contributed by atoms with E-state index >= 15 is 0 Å². The summed E-state index contributed by atoms with van der Waals surface area (Å²) in [6.07, 6.45) is 5.27. The Hall–Kier alpha value is -2.69. The maximum atomic E-state index is 12.5. The van der Waals surface area contributed by atoms with Gasteiger partial charge in [0.25, 0.3) is 0 Å². The highest BCUT2D eigenvalue weighted by Gasteiger charge is 2.22. The molecule has 1 aliphatic heterocycles. The number of anilines is 1. The molecule has 4 rings (SSSR count). The number of urea groups is 1. The van der Waals surface area contributed by atoms with E-state index in [-0.39, 0.29) is 12.1 Å². The zero-order valence-corrected chi connectivity index (χ0v) is 15.0. The lowest BCUT2D eigenvalue weighted by Crippen LogP contribution is -2.44.